The van der Waals surface area contributed by atoms with Crippen LogP contribution in [0.25, 0.3) is 0 Å². The molecule has 2 aromatic rings. The highest BCUT2D eigenvalue weighted by Crippen LogP contribution is 2.58. The second-order valence-electron chi connectivity index (χ2n) is 7.23. The molecule has 4 atom stereocenters. The van der Waals surface area contributed by atoms with Crippen LogP contribution in [0.4, 0.5) is 5.69 Å². The van der Waals surface area contributed by atoms with Crippen molar-refractivity contribution in [3.05, 3.63) is 58.7 Å². The van der Waals surface area contributed by atoms with Crippen LogP contribution in [0.3, 0.4) is 0 Å². The predicted octanol–water partition coefficient (Wildman–Crippen LogP) is 2.40. The van der Waals surface area contributed by atoms with Gasteiger partial charge in [0, 0.05) is 16.8 Å². The molecular formula is C19H19ClN2O3. The molecule has 6 heteroatoms. The van der Waals surface area contributed by atoms with Gasteiger partial charge in [-0.25, -0.2) is 0 Å². The molecule has 0 amide bonds. The maximum atomic E-state index is 13.0. The first-order valence-electron chi connectivity index (χ1n) is 8.16. The summed E-state index contributed by atoms with van der Waals surface area (Å²) in [6, 6.07) is 10.7. The summed E-state index contributed by atoms with van der Waals surface area (Å²) in [5, 5.41) is 11.2. The number of carbonyl (C=O) groups excluding carboxylic acids is 1. The Morgan fingerprint density at radius 1 is 1.24 bits per heavy atom. The van der Waals surface area contributed by atoms with Gasteiger partial charge in [0.15, 0.2) is 11.3 Å². The Bertz CT molecular complexity index is 931. The van der Waals surface area contributed by atoms with Crippen molar-refractivity contribution in [1.82, 2.24) is 0 Å². The maximum Gasteiger partial charge on any atom is 0.265 e. The van der Waals surface area contributed by atoms with Crippen molar-refractivity contribution in [2.75, 3.05) is 5.73 Å². The van der Waals surface area contributed by atoms with Gasteiger partial charge in [0.1, 0.15) is 5.75 Å². The summed E-state index contributed by atoms with van der Waals surface area (Å²) < 4.78 is 5.88. The number of rotatable bonds is 1. The van der Waals surface area contributed by atoms with Crippen molar-refractivity contribution in [2.24, 2.45) is 11.7 Å². The third kappa shape index (κ3) is 1.73. The van der Waals surface area contributed by atoms with Gasteiger partial charge in [-0.2, -0.15) is 0 Å². The van der Waals surface area contributed by atoms with E-state index in [4.69, 9.17) is 16.2 Å². The van der Waals surface area contributed by atoms with Gasteiger partial charge < -0.3 is 21.3 Å². The molecule has 5 nitrogen and oxygen atoms in total. The molecule has 1 saturated carbocycles. The van der Waals surface area contributed by atoms with Crippen molar-refractivity contribution in [3.63, 3.8) is 0 Å². The van der Waals surface area contributed by atoms with Crippen LogP contribution in [0.1, 0.15) is 46.3 Å². The molecule has 0 aromatic heterocycles. The Morgan fingerprint density at radius 3 is 2.64 bits per heavy atom. The molecule has 5 N–H and O–H groups in total. The molecule has 1 aliphatic heterocycles. The van der Waals surface area contributed by atoms with E-state index >= 15 is 0 Å². The zero-order valence-electron chi connectivity index (χ0n) is 13.7. The van der Waals surface area contributed by atoms with Crippen molar-refractivity contribution >= 4 is 23.9 Å². The second-order valence-corrected chi connectivity index (χ2v) is 7.23. The number of hydrogen-bond donors (Lipinski definition) is 3. The van der Waals surface area contributed by atoms with E-state index in [0.717, 1.165) is 12.0 Å². The van der Waals surface area contributed by atoms with Crippen LogP contribution in [0.2, 0.25) is 0 Å². The van der Waals surface area contributed by atoms with Gasteiger partial charge in [0.25, 0.3) is 5.79 Å². The SMILES string of the molecule is C[C@@H]1C[C@H]1c1ccc2c(c1)O[C@]1(O)c3cccc(N)c3C(=O)[C@]21N.Cl. The number of nitrogen functional groups attached to an aromatic ring is 1. The normalized spacial score (nSPS) is 33.8. The van der Waals surface area contributed by atoms with Gasteiger partial charge in [-0.3, -0.25) is 4.79 Å². The van der Waals surface area contributed by atoms with Crippen molar-refractivity contribution in [3.8, 4) is 5.75 Å². The molecule has 5 rings (SSSR count). The van der Waals surface area contributed by atoms with Crippen LogP contribution in [0.5, 0.6) is 5.75 Å². The summed E-state index contributed by atoms with van der Waals surface area (Å²) in [7, 11) is 0. The summed E-state index contributed by atoms with van der Waals surface area (Å²) in [6.45, 7) is 2.20. The summed E-state index contributed by atoms with van der Waals surface area (Å²) >= 11 is 0. The standard InChI is InChI=1S/C19H18N2O3.ClH/c1-9-7-11(9)10-5-6-12-15(8-10)24-19(23)13-3-2-4-14(20)16(13)17(22)18(12,19)21;/h2-6,8-9,11,23H,7,20-21H2,1H3;1H/t9-,11-,18-,19-;/m1./s1. The number of Topliss-reactive ketones (excluding diaryl/α,β-unsaturated/α-hetero) is 1. The first-order chi connectivity index (χ1) is 11.4. The fourth-order valence-electron chi connectivity index (χ4n) is 4.24. The molecule has 3 aliphatic rings. The van der Waals surface area contributed by atoms with Crippen LogP contribution >= 0.6 is 12.4 Å². The Balaban J connectivity index is 0.00000157. The number of benzene rings is 2. The smallest absolute Gasteiger partial charge is 0.265 e. The van der Waals surface area contributed by atoms with E-state index in [0.29, 0.717) is 34.4 Å². The fraction of sp³-hybridized carbons (Fsp3) is 0.316. The van der Waals surface area contributed by atoms with E-state index < -0.39 is 17.1 Å². The third-order valence-electron chi connectivity index (χ3n) is 5.81. The predicted molar refractivity (Wildman–Crippen MR) is 95.8 cm³/mol. The molecule has 0 saturated heterocycles. The minimum atomic E-state index is -1.91. The molecule has 1 fully saturated rings. The first kappa shape index (κ1) is 16.4. The van der Waals surface area contributed by atoms with Crippen molar-refractivity contribution in [1.29, 1.82) is 0 Å². The molecule has 0 unspecified atom stereocenters. The highest BCUT2D eigenvalue weighted by molar-refractivity contribution is 6.13. The number of carbonyl (C=O) groups is 1. The number of hydrogen-bond acceptors (Lipinski definition) is 5. The lowest BCUT2D eigenvalue weighted by molar-refractivity contribution is -0.162. The molecule has 0 bridgehead atoms. The van der Waals surface area contributed by atoms with Crippen LogP contribution in [0.15, 0.2) is 36.4 Å². The summed E-state index contributed by atoms with van der Waals surface area (Å²) in [5.41, 5.74) is 13.3. The number of fused-ring (bicyclic) bond motifs is 5. The average molecular weight is 359 g/mol. The average Bonchev–Trinajstić information content (AvgIpc) is 3.19. The molecular weight excluding hydrogens is 340 g/mol. The summed E-state index contributed by atoms with van der Waals surface area (Å²) in [6.07, 6.45) is 1.15. The second kappa shape index (κ2) is 4.75. The van der Waals surface area contributed by atoms with E-state index in [1.165, 1.54) is 0 Å². The zero-order chi connectivity index (χ0) is 16.9. The van der Waals surface area contributed by atoms with Gasteiger partial charge in [0.2, 0.25) is 0 Å². The van der Waals surface area contributed by atoms with Crippen molar-refractivity contribution < 1.29 is 14.6 Å². The van der Waals surface area contributed by atoms with Gasteiger partial charge in [-0.05, 0) is 36.0 Å². The molecule has 2 aromatic carbocycles. The fourth-order valence-corrected chi connectivity index (χ4v) is 4.24. The monoisotopic (exact) mass is 358 g/mol. The van der Waals surface area contributed by atoms with Gasteiger partial charge in [0.05, 0.1) is 5.56 Å². The maximum absolute atomic E-state index is 13.0. The Morgan fingerprint density at radius 2 is 1.96 bits per heavy atom. The van der Waals surface area contributed by atoms with E-state index in [2.05, 4.69) is 6.92 Å². The Hall–Kier alpha value is -2.08. The number of ether oxygens (including phenoxy) is 1. The zero-order valence-corrected chi connectivity index (χ0v) is 14.5. The van der Waals surface area contributed by atoms with Gasteiger partial charge in [-0.15, -0.1) is 12.4 Å². The topological polar surface area (TPSA) is 98.6 Å². The molecule has 25 heavy (non-hydrogen) atoms. The van der Waals surface area contributed by atoms with E-state index in [1.54, 1.807) is 18.2 Å². The Labute approximate surface area is 151 Å². The third-order valence-corrected chi connectivity index (χ3v) is 5.81. The summed E-state index contributed by atoms with van der Waals surface area (Å²) in [5.74, 6) is -0.657. The number of halogens is 1. The molecule has 0 spiro atoms. The quantitative estimate of drug-likeness (QED) is 0.680. The molecule has 2 aliphatic carbocycles. The van der Waals surface area contributed by atoms with Crippen LogP contribution in [-0.2, 0) is 11.3 Å². The lowest BCUT2D eigenvalue weighted by Gasteiger charge is -2.29. The molecule has 0 radical (unpaired) electrons. The minimum Gasteiger partial charge on any atom is -0.455 e. The van der Waals surface area contributed by atoms with Crippen LogP contribution < -0.4 is 16.2 Å². The number of aliphatic hydroxyl groups is 1. The first-order valence-corrected chi connectivity index (χ1v) is 8.16. The van der Waals surface area contributed by atoms with Crippen LogP contribution in [0, 0.1) is 5.92 Å². The Kier molecular flexibility index (Phi) is 3.12. The summed E-state index contributed by atoms with van der Waals surface area (Å²) in [4.78, 5) is 13.0. The lowest BCUT2D eigenvalue weighted by Crippen LogP contribution is -2.55. The highest BCUT2D eigenvalue weighted by Gasteiger charge is 2.69. The molecule has 1 heterocycles. The number of ketones is 1. The highest BCUT2D eigenvalue weighted by atomic mass is 35.5. The van der Waals surface area contributed by atoms with E-state index in [-0.39, 0.29) is 18.0 Å². The molecule has 130 valence electrons. The van der Waals surface area contributed by atoms with Crippen molar-refractivity contribution in [2.45, 2.75) is 30.6 Å². The van der Waals surface area contributed by atoms with E-state index in [9.17, 15) is 9.90 Å². The van der Waals surface area contributed by atoms with E-state index in [1.807, 2.05) is 18.2 Å². The lowest BCUT2D eigenvalue weighted by atomic mass is 9.84. The minimum absolute atomic E-state index is 0. The van der Waals surface area contributed by atoms with Gasteiger partial charge in [-0.1, -0.05) is 31.2 Å². The van der Waals surface area contributed by atoms with Crippen LogP contribution in [-0.4, -0.2) is 10.9 Å². The number of nitrogens with two attached hydrogens (primary N) is 2. The largest absolute Gasteiger partial charge is 0.455 e. The number of anilines is 1. The van der Waals surface area contributed by atoms with Gasteiger partial charge >= 0.3 is 0 Å².